The van der Waals surface area contributed by atoms with Gasteiger partial charge in [-0.15, -0.1) is 0 Å². The summed E-state index contributed by atoms with van der Waals surface area (Å²) in [6.45, 7) is 1.20. The summed E-state index contributed by atoms with van der Waals surface area (Å²) in [4.78, 5) is -0.352. The molecule has 0 aliphatic carbocycles. The van der Waals surface area contributed by atoms with E-state index in [1.807, 2.05) is 0 Å². The summed E-state index contributed by atoms with van der Waals surface area (Å²) < 4.78 is 61.3. The second-order valence-electron chi connectivity index (χ2n) is 3.96. The third kappa shape index (κ3) is 3.12. The zero-order valence-electron chi connectivity index (χ0n) is 9.89. The molecule has 0 atom stereocenters. The van der Waals surface area contributed by atoms with Crippen LogP contribution in [-0.4, -0.2) is 52.0 Å². The molecule has 0 amide bonds. The molecule has 19 heavy (non-hydrogen) atoms. The Morgan fingerprint density at radius 2 is 1.42 bits per heavy atom. The normalized spacial score (nSPS) is 18.4. The van der Waals surface area contributed by atoms with Crippen LogP contribution in [0.15, 0.2) is 34.1 Å². The van der Waals surface area contributed by atoms with Gasteiger partial charge >= 0.3 is 0 Å². The third-order valence-corrected chi connectivity index (χ3v) is 5.51. The molecular formula is C10H13NO6S2. The minimum absolute atomic E-state index is 0.0122. The van der Waals surface area contributed by atoms with Gasteiger partial charge in [0.15, 0.2) is 0 Å². The molecule has 0 saturated carbocycles. The Morgan fingerprint density at radius 1 is 0.947 bits per heavy atom. The molecule has 0 bridgehead atoms. The molecule has 0 spiro atoms. The van der Waals surface area contributed by atoms with Crippen LogP contribution in [0.5, 0.6) is 0 Å². The van der Waals surface area contributed by atoms with Crippen molar-refractivity contribution in [1.82, 2.24) is 4.31 Å². The fourth-order valence-corrected chi connectivity index (χ4v) is 3.61. The van der Waals surface area contributed by atoms with Crippen molar-refractivity contribution in [3.63, 3.8) is 0 Å². The van der Waals surface area contributed by atoms with E-state index in [0.29, 0.717) is 13.2 Å². The highest BCUT2D eigenvalue weighted by molar-refractivity contribution is 7.89. The number of hydrogen-bond acceptors (Lipinski definition) is 5. The Hall–Kier alpha value is -1.00. The van der Waals surface area contributed by atoms with E-state index in [1.54, 1.807) is 0 Å². The van der Waals surface area contributed by atoms with Crippen LogP contribution in [0.4, 0.5) is 0 Å². The maximum Gasteiger partial charge on any atom is 0.294 e. The van der Waals surface area contributed by atoms with Crippen molar-refractivity contribution in [2.75, 3.05) is 26.3 Å². The molecule has 1 aromatic rings. The highest BCUT2D eigenvalue weighted by Crippen LogP contribution is 2.19. The maximum atomic E-state index is 12.2. The topological polar surface area (TPSA) is 101 Å². The third-order valence-electron chi connectivity index (χ3n) is 2.73. The largest absolute Gasteiger partial charge is 0.379 e. The van der Waals surface area contributed by atoms with Crippen molar-refractivity contribution in [3.05, 3.63) is 24.3 Å². The lowest BCUT2D eigenvalue weighted by Crippen LogP contribution is -2.40. The van der Waals surface area contributed by atoms with Crippen LogP contribution < -0.4 is 0 Å². The van der Waals surface area contributed by atoms with Gasteiger partial charge in [0, 0.05) is 13.1 Å². The zero-order valence-corrected chi connectivity index (χ0v) is 11.5. The maximum absolute atomic E-state index is 12.2. The van der Waals surface area contributed by atoms with Crippen molar-refractivity contribution >= 4 is 20.1 Å². The van der Waals surface area contributed by atoms with Crippen molar-refractivity contribution in [3.8, 4) is 0 Å². The average molecular weight is 307 g/mol. The Bertz CT molecular complexity index is 644. The Labute approximate surface area is 111 Å². The highest BCUT2D eigenvalue weighted by Gasteiger charge is 2.26. The minimum Gasteiger partial charge on any atom is -0.379 e. The van der Waals surface area contributed by atoms with E-state index in [4.69, 9.17) is 9.29 Å². The number of sulfonamides is 1. The molecule has 1 aliphatic rings. The number of nitrogens with zero attached hydrogens (tertiary/aromatic N) is 1. The van der Waals surface area contributed by atoms with E-state index >= 15 is 0 Å². The quantitative estimate of drug-likeness (QED) is 0.786. The van der Waals surface area contributed by atoms with Crippen LogP contribution in [-0.2, 0) is 24.9 Å². The minimum atomic E-state index is -4.32. The second kappa shape index (κ2) is 5.17. The van der Waals surface area contributed by atoms with Crippen LogP contribution in [0.3, 0.4) is 0 Å². The second-order valence-corrected chi connectivity index (χ2v) is 7.32. The standard InChI is InChI=1S/C10H13NO6S2/c12-18(13,11-5-7-17-8-6-11)9-1-3-10(4-2-9)19(14,15)16/h1-4H,5-8H2,(H,14,15,16). The first-order chi connectivity index (χ1) is 8.82. The van der Waals surface area contributed by atoms with E-state index < -0.39 is 20.1 Å². The van der Waals surface area contributed by atoms with Gasteiger partial charge in [0.2, 0.25) is 10.0 Å². The van der Waals surface area contributed by atoms with Crippen molar-refractivity contribution in [2.24, 2.45) is 0 Å². The summed E-state index contributed by atoms with van der Waals surface area (Å²) >= 11 is 0. The summed E-state index contributed by atoms with van der Waals surface area (Å²) in [6.07, 6.45) is 0. The number of morpholine rings is 1. The lowest BCUT2D eigenvalue weighted by atomic mass is 10.4. The highest BCUT2D eigenvalue weighted by atomic mass is 32.2. The summed E-state index contributed by atoms with van der Waals surface area (Å²) in [5.74, 6) is 0. The first-order valence-corrected chi connectivity index (χ1v) is 8.35. The van der Waals surface area contributed by atoms with Gasteiger partial charge in [0.05, 0.1) is 23.0 Å². The van der Waals surface area contributed by atoms with E-state index in [9.17, 15) is 16.8 Å². The monoisotopic (exact) mass is 307 g/mol. The zero-order chi connectivity index (χ0) is 14.1. The van der Waals surface area contributed by atoms with Gasteiger partial charge in [-0.1, -0.05) is 0 Å². The molecule has 1 N–H and O–H groups in total. The fourth-order valence-electron chi connectivity index (χ4n) is 1.72. The molecule has 9 heteroatoms. The first-order valence-electron chi connectivity index (χ1n) is 5.47. The van der Waals surface area contributed by atoms with Crippen molar-refractivity contribution in [2.45, 2.75) is 9.79 Å². The predicted octanol–water partition coefficient (Wildman–Crippen LogP) is -0.0458. The average Bonchev–Trinajstić information content (AvgIpc) is 2.39. The van der Waals surface area contributed by atoms with Gasteiger partial charge < -0.3 is 4.74 Å². The molecule has 1 aliphatic heterocycles. The lowest BCUT2D eigenvalue weighted by Gasteiger charge is -2.26. The van der Waals surface area contributed by atoms with Gasteiger partial charge in [-0.2, -0.15) is 12.7 Å². The van der Waals surface area contributed by atoms with Crippen LogP contribution in [0, 0.1) is 0 Å². The Balaban J connectivity index is 2.31. The Morgan fingerprint density at radius 3 is 1.89 bits per heavy atom. The van der Waals surface area contributed by atoms with Crippen LogP contribution in [0.25, 0.3) is 0 Å². The molecule has 1 aromatic carbocycles. The molecule has 0 unspecified atom stereocenters. The molecule has 2 rings (SSSR count). The summed E-state index contributed by atoms with van der Waals surface area (Å²) in [5.41, 5.74) is 0. The van der Waals surface area contributed by atoms with Crippen molar-refractivity contribution < 1.29 is 26.1 Å². The summed E-state index contributed by atoms with van der Waals surface area (Å²) in [6, 6.07) is 4.44. The van der Waals surface area contributed by atoms with Gasteiger partial charge in [-0.05, 0) is 24.3 Å². The van der Waals surface area contributed by atoms with Gasteiger partial charge in [-0.25, -0.2) is 8.42 Å². The molecule has 7 nitrogen and oxygen atoms in total. The SMILES string of the molecule is O=S(=O)(O)c1ccc(S(=O)(=O)N2CCOCC2)cc1. The molecule has 1 saturated heterocycles. The molecule has 1 heterocycles. The van der Waals surface area contributed by atoms with E-state index in [0.717, 1.165) is 24.3 Å². The number of ether oxygens (including phenoxy) is 1. The van der Waals surface area contributed by atoms with Gasteiger partial charge in [0.25, 0.3) is 10.1 Å². The number of rotatable bonds is 3. The lowest BCUT2D eigenvalue weighted by molar-refractivity contribution is 0.0730. The molecule has 0 radical (unpaired) electrons. The Kier molecular flexibility index (Phi) is 3.92. The molecular weight excluding hydrogens is 294 g/mol. The van der Waals surface area contributed by atoms with E-state index in [-0.39, 0.29) is 22.9 Å². The van der Waals surface area contributed by atoms with Crippen LogP contribution in [0.2, 0.25) is 0 Å². The van der Waals surface area contributed by atoms with E-state index in [1.165, 1.54) is 4.31 Å². The van der Waals surface area contributed by atoms with Gasteiger partial charge in [-0.3, -0.25) is 4.55 Å². The van der Waals surface area contributed by atoms with E-state index in [2.05, 4.69) is 0 Å². The van der Waals surface area contributed by atoms with Gasteiger partial charge in [0.1, 0.15) is 0 Å². The van der Waals surface area contributed by atoms with Crippen LogP contribution >= 0.6 is 0 Å². The fraction of sp³-hybridized carbons (Fsp3) is 0.400. The molecule has 106 valence electrons. The van der Waals surface area contributed by atoms with Crippen molar-refractivity contribution in [1.29, 1.82) is 0 Å². The van der Waals surface area contributed by atoms with Crippen LogP contribution in [0.1, 0.15) is 0 Å². The predicted molar refractivity (Wildman–Crippen MR) is 65.8 cm³/mol. The molecule has 1 fully saturated rings. The summed E-state index contributed by atoms with van der Waals surface area (Å²) in [7, 11) is -7.97. The number of benzene rings is 1. The smallest absolute Gasteiger partial charge is 0.294 e. The molecule has 0 aromatic heterocycles. The summed E-state index contributed by atoms with van der Waals surface area (Å²) in [5, 5.41) is 0. The first kappa shape index (κ1) is 14.4. The number of hydrogen-bond donors (Lipinski definition) is 1.